The number of carbonyl (C=O) groups is 1. The van der Waals surface area contributed by atoms with E-state index >= 15 is 0 Å². The number of halogens is 2. The van der Waals surface area contributed by atoms with E-state index in [1.807, 2.05) is 0 Å². The zero-order valence-corrected chi connectivity index (χ0v) is 24.5. The van der Waals surface area contributed by atoms with Gasteiger partial charge in [0.25, 0.3) is 26.1 Å². The van der Waals surface area contributed by atoms with Gasteiger partial charge in [-0.2, -0.15) is 37.2 Å². The summed E-state index contributed by atoms with van der Waals surface area (Å²) in [4.78, 5) is 11.8. The largest absolute Gasteiger partial charge is 0.296 e. The van der Waals surface area contributed by atoms with Crippen LogP contribution in [0.1, 0.15) is 6.92 Å². The Labute approximate surface area is 243 Å². The van der Waals surface area contributed by atoms with Crippen LogP contribution >= 0.6 is 23.2 Å². The standard InChI is InChI=1S/C16H12Cl2N4O7S2.2Na/c1-8-15(20-19-9-2-4-10(5-3-9)30(24,25)26)16(23)22(21-8)13-6-12(18)14(7-11(13)17)31(27,28)29;;/h2-7,15H,1H3,(H,24,25,26)(H,27,28,29);;. The summed E-state index contributed by atoms with van der Waals surface area (Å²) in [7, 11) is -8.98. The predicted octanol–water partition coefficient (Wildman–Crippen LogP) is 2.60. The number of rotatable bonds is 5. The van der Waals surface area contributed by atoms with Crippen molar-refractivity contribution in [1.29, 1.82) is 0 Å². The molecular formula is C16H12Cl2N4Na2O7S2. The van der Waals surface area contributed by atoms with E-state index in [-0.39, 0.29) is 91.1 Å². The van der Waals surface area contributed by atoms with Crippen LogP contribution in [0.4, 0.5) is 11.4 Å². The van der Waals surface area contributed by atoms with Crippen LogP contribution in [0.25, 0.3) is 0 Å². The molecule has 1 aliphatic rings. The average Bonchev–Trinajstić information content (AvgIpc) is 2.94. The zero-order chi connectivity index (χ0) is 23.1. The Morgan fingerprint density at radius 1 is 0.970 bits per heavy atom. The van der Waals surface area contributed by atoms with E-state index in [2.05, 4.69) is 15.3 Å². The normalized spacial score (nSPS) is 16.4. The summed E-state index contributed by atoms with van der Waals surface area (Å²) in [6.07, 6.45) is 0. The van der Waals surface area contributed by atoms with E-state index in [1.165, 1.54) is 19.1 Å². The fraction of sp³-hybridized carbons (Fsp3) is 0.125. The van der Waals surface area contributed by atoms with Gasteiger partial charge in [0.15, 0.2) is 6.04 Å². The van der Waals surface area contributed by atoms with Gasteiger partial charge in [0.05, 0.1) is 32.0 Å². The van der Waals surface area contributed by atoms with Gasteiger partial charge in [-0.3, -0.25) is 13.9 Å². The van der Waals surface area contributed by atoms with Crippen LogP contribution in [-0.2, 0) is 25.0 Å². The Balaban J connectivity index is 0.00000272. The van der Waals surface area contributed by atoms with Gasteiger partial charge in [0.2, 0.25) is 0 Å². The van der Waals surface area contributed by atoms with E-state index in [0.29, 0.717) is 0 Å². The van der Waals surface area contributed by atoms with Crippen molar-refractivity contribution in [3.05, 3.63) is 46.4 Å². The van der Waals surface area contributed by atoms with E-state index in [4.69, 9.17) is 27.8 Å². The monoisotopic (exact) mass is 552 g/mol. The summed E-state index contributed by atoms with van der Waals surface area (Å²) in [6, 6.07) is 5.62. The molecule has 11 nitrogen and oxygen atoms in total. The van der Waals surface area contributed by atoms with E-state index < -0.39 is 37.1 Å². The molecule has 1 atom stereocenters. The first-order valence-electron chi connectivity index (χ1n) is 8.13. The van der Waals surface area contributed by atoms with Gasteiger partial charge in [0.1, 0.15) is 4.90 Å². The van der Waals surface area contributed by atoms with Crippen molar-refractivity contribution in [3.63, 3.8) is 0 Å². The second-order valence-electron chi connectivity index (χ2n) is 6.19. The maximum Gasteiger partial charge on any atom is 0.296 e. The van der Waals surface area contributed by atoms with Crippen LogP contribution in [-0.4, -0.2) is 103 Å². The first-order valence-corrected chi connectivity index (χ1v) is 11.8. The van der Waals surface area contributed by atoms with Crippen LogP contribution in [0.2, 0.25) is 10.0 Å². The first-order chi connectivity index (χ1) is 14.3. The molecule has 1 unspecified atom stereocenters. The Hall–Kier alpha value is -0.420. The van der Waals surface area contributed by atoms with Crippen molar-refractivity contribution in [2.75, 3.05) is 5.01 Å². The second-order valence-corrected chi connectivity index (χ2v) is 9.81. The average molecular weight is 553 g/mol. The number of benzene rings is 2. The molecule has 0 saturated heterocycles. The first kappa shape index (κ1) is 30.6. The van der Waals surface area contributed by atoms with Crippen LogP contribution in [0.3, 0.4) is 0 Å². The molecule has 0 fully saturated rings. The Morgan fingerprint density at radius 3 is 2.06 bits per heavy atom. The Morgan fingerprint density at radius 2 is 1.55 bits per heavy atom. The van der Waals surface area contributed by atoms with Crippen molar-refractivity contribution in [1.82, 2.24) is 0 Å². The maximum atomic E-state index is 12.7. The molecule has 166 valence electrons. The SMILES string of the molecule is CC1=NN(c2cc(Cl)c(S(=O)(=O)O)cc2Cl)C(=O)C1N=Nc1ccc(S(=O)(=O)O)cc1.[Na].[Na]. The van der Waals surface area contributed by atoms with E-state index in [9.17, 15) is 26.2 Å². The van der Waals surface area contributed by atoms with Gasteiger partial charge in [-0.25, -0.2) is 0 Å². The summed E-state index contributed by atoms with van der Waals surface area (Å²) < 4.78 is 62.9. The molecule has 0 aromatic heterocycles. The van der Waals surface area contributed by atoms with Gasteiger partial charge in [-0.15, -0.1) is 0 Å². The van der Waals surface area contributed by atoms with Crippen LogP contribution in [0.5, 0.6) is 0 Å². The quantitative estimate of drug-likeness (QED) is 0.326. The van der Waals surface area contributed by atoms with Gasteiger partial charge < -0.3 is 0 Å². The fourth-order valence-electron chi connectivity index (χ4n) is 2.55. The molecule has 2 radical (unpaired) electrons. The van der Waals surface area contributed by atoms with Crippen LogP contribution in [0, 0.1) is 0 Å². The molecule has 33 heavy (non-hydrogen) atoms. The second kappa shape index (κ2) is 11.5. The molecule has 1 aliphatic heterocycles. The minimum absolute atomic E-state index is 0. The number of carbonyl (C=O) groups excluding carboxylic acids is 1. The number of hydrazone groups is 1. The summed E-state index contributed by atoms with van der Waals surface area (Å²) in [5, 5.41) is 12.1. The zero-order valence-electron chi connectivity index (χ0n) is 17.3. The molecule has 17 heteroatoms. The molecule has 0 bridgehead atoms. The van der Waals surface area contributed by atoms with Gasteiger partial charge in [-0.05, 0) is 43.3 Å². The molecule has 3 rings (SSSR count). The van der Waals surface area contributed by atoms with Gasteiger partial charge in [0, 0.05) is 59.1 Å². The van der Waals surface area contributed by atoms with Crippen molar-refractivity contribution in [3.8, 4) is 0 Å². The molecule has 0 aliphatic carbocycles. The number of hydrogen-bond acceptors (Lipinski definition) is 8. The number of nitrogens with zero attached hydrogens (tertiary/aromatic N) is 4. The molecule has 1 heterocycles. The van der Waals surface area contributed by atoms with Crippen molar-refractivity contribution in [2.24, 2.45) is 15.3 Å². The summed E-state index contributed by atoms with van der Waals surface area (Å²) in [5.41, 5.74) is 0.429. The Kier molecular flexibility index (Phi) is 10.7. The maximum absolute atomic E-state index is 12.7. The Bertz CT molecular complexity index is 1350. The third-order valence-corrected chi connectivity index (χ3v) is 6.52. The molecule has 1 amide bonds. The third-order valence-electron chi connectivity index (χ3n) is 4.03. The predicted molar refractivity (Wildman–Crippen MR) is 123 cm³/mol. The van der Waals surface area contributed by atoms with Crippen molar-refractivity contribution < 1.29 is 30.7 Å². The number of amides is 1. The topological polar surface area (TPSA) is 166 Å². The summed E-state index contributed by atoms with van der Waals surface area (Å²) in [6.45, 7) is 1.51. The molecule has 0 saturated carbocycles. The molecule has 2 aromatic rings. The van der Waals surface area contributed by atoms with E-state index in [0.717, 1.165) is 29.3 Å². The van der Waals surface area contributed by atoms with Crippen molar-refractivity contribution >= 4 is 126 Å². The number of anilines is 1. The minimum atomic E-state index is -4.63. The molecule has 0 spiro atoms. The minimum Gasteiger partial charge on any atom is -0.282 e. The molecule has 2 aromatic carbocycles. The molecule has 2 N–H and O–H groups in total. The number of hydrogen-bond donors (Lipinski definition) is 2. The van der Waals surface area contributed by atoms with Gasteiger partial charge in [-0.1, -0.05) is 23.2 Å². The smallest absolute Gasteiger partial charge is 0.282 e. The van der Waals surface area contributed by atoms with Crippen LogP contribution in [0.15, 0.2) is 61.5 Å². The van der Waals surface area contributed by atoms with Crippen LogP contribution < -0.4 is 5.01 Å². The van der Waals surface area contributed by atoms with Gasteiger partial charge >= 0.3 is 0 Å². The number of azo groups is 1. The molecular weight excluding hydrogens is 541 g/mol. The fourth-order valence-corrected chi connectivity index (χ4v) is 4.36. The third kappa shape index (κ3) is 7.06. The van der Waals surface area contributed by atoms with Crippen molar-refractivity contribution in [2.45, 2.75) is 22.8 Å². The van der Waals surface area contributed by atoms with E-state index in [1.54, 1.807) is 0 Å². The summed E-state index contributed by atoms with van der Waals surface area (Å²) in [5.74, 6) is -0.659. The summed E-state index contributed by atoms with van der Waals surface area (Å²) >= 11 is 11.9.